The molecule has 0 spiro atoms. The standard InChI is InChI=1S/C12H15N3O/c16-9-1-2-10-11(7-9)15-12(14-10)8-3-5-13-6-4-8/h1-2,7-8,13,16H,3-6H2,(H,14,15). The van der Waals surface area contributed by atoms with Gasteiger partial charge in [-0.25, -0.2) is 4.98 Å². The third-order valence-corrected chi connectivity index (χ3v) is 3.21. The second-order valence-electron chi connectivity index (χ2n) is 4.35. The summed E-state index contributed by atoms with van der Waals surface area (Å²) in [4.78, 5) is 7.89. The van der Waals surface area contributed by atoms with Crippen LogP contribution in [0.25, 0.3) is 11.0 Å². The van der Waals surface area contributed by atoms with Crippen molar-refractivity contribution >= 4 is 11.0 Å². The van der Waals surface area contributed by atoms with Gasteiger partial charge in [-0.15, -0.1) is 0 Å². The summed E-state index contributed by atoms with van der Waals surface area (Å²) in [6.07, 6.45) is 2.26. The number of nitrogens with zero attached hydrogens (tertiary/aromatic N) is 1. The van der Waals surface area contributed by atoms with Gasteiger partial charge in [0.1, 0.15) is 11.6 Å². The molecule has 1 aromatic heterocycles. The molecular weight excluding hydrogens is 202 g/mol. The van der Waals surface area contributed by atoms with Crippen molar-refractivity contribution in [1.82, 2.24) is 15.3 Å². The highest BCUT2D eigenvalue weighted by Gasteiger charge is 2.18. The minimum atomic E-state index is 0.285. The van der Waals surface area contributed by atoms with Crippen LogP contribution < -0.4 is 5.32 Å². The van der Waals surface area contributed by atoms with Crippen LogP contribution in [0.5, 0.6) is 5.75 Å². The molecule has 0 bridgehead atoms. The summed E-state index contributed by atoms with van der Waals surface area (Å²) in [7, 11) is 0. The molecule has 2 aromatic rings. The molecule has 2 heterocycles. The van der Waals surface area contributed by atoms with Crippen LogP contribution in [0, 0.1) is 0 Å². The summed E-state index contributed by atoms with van der Waals surface area (Å²) in [5, 5.41) is 12.7. The fourth-order valence-corrected chi connectivity index (χ4v) is 2.31. The van der Waals surface area contributed by atoms with E-state index in [2.05, 4.69) is 15.3 Å². The van der Waals surface area contributed by atoms with Crippen LogP contribution in [0.4, 0.5) is 0 Å². The fourth-order valence-electron chi connectivity index (χ4n) is 2.31. The molecule has 3 N–H and O–H groups in total. The van der Waals surface area contributed by atoms with Gasteiger partial charge in [-0.1, -0.05) is 0 Å². The quantitative estimate of drug-likeness (QED) is 0.681. The molecule has 1 fully saturated rings. The number of nitrogens with one attached hydrogen (secondary N) is 2. The smallest absolute Gasteiger partial charge is 0.117 e. The number of rotatable bonds is 1. The summed E-state index contributed by atoms with van der Waals surface area (Å²) >= 11 is 0. The maximum atomic E-state index is 9.39. The summed E-state index contributed by atoms with van der Waals surface area (Å²) in [5.74, 6) is 1.87. The third-order valence-electron chi connectivity index (χ3n) is 3.21. The number of piperidine rings is 1. The number of aromatic hydroxyl groups is 1. The lowest BCUT2D eigenvalue weighted by atomic mass is 9.98. The molecule has 0 amide bonds. The van der Waals surface area contributed by atoms with E-state index in [9.17, 15) is 5.11 Å². The molecule has 1 aliphatic heterocycles. The Morgan fingerprint density at radius 3 is 2.88 bits per heavy atom. The zero-order chi connectivity index (χ0) is 11.0. The molecule has 0 atom stereocenters. The molecule has 0 aliphatic carbocycles. The Morgan fingerprint density at radius 1 is 1.25 bits per heavy atom. The molecule has 1 aliphatic rings. The first-order valence-electron chi connectivity index (χ1n) is 5.72. The van der Waals surface area contributed by atoms with Crippen molar-refractivity contribution in [2.24, 2.45) is 0 Å². The Bertz CT molecular complexity index is 500. The van der Waals surface area contributed by atoms with Crippen molar-refractivity contribution in [1.29, 1.82) is 0 Å². The number of H-pyrrole nitrogens is 1. The number of aromatic nitrogens is 2. The number of imidazole rings is 1. The van der Waals surface area contributed by atoms with Gasteiger partial charge in [-0.2, -0.15) is 0 Å². The van der Waals surface area contributed by atoms with E-state index >= 15 is 0 Å². The highest BCUT2D eigenvalue weighted by Crippen LogP contribution is 2.26. The van der Waals surface area contributed by atoms with Gasteiger partial charge in [0.05, 0.1) is 11.0 Å². The van der Waals surface area contributed by atoms with E-state index in [0.717, 1.165) is 42.8 Å². The van der Waals surface area contributed by atoms with Crippen LogP contribution >= 0.6 is 0 Å². The minimum absolute atomic E-state index is 0.285. The van der Waals surface area contributed by atoms with Gasteiger partial charge in [0.15, 0.2) is 0 Å². The summed E-state index contributed by atoms with van der Waals surface area (Å²) in [6, 6.07) is 5.26. The lowest BCUT2D eigenvalue weighted by Crippen LogP contribution is -2.27. The Balaban J connectivity index is 1.97. The van der Waals surface area contributed by atoms with Gasteiger partial charge in [0.2, 0.25) is 0 Å². The molecule has 4 heteroatoms. The fraction of sp³-hybridized carbons (Fsp3) is 0.417. The second kappa shape index (κ2) is 3.79. The first-order valence-corrected chi connectivity index (χ1v) is 5.72. The molecule has 0 saturated carbocycles. The Labute approximate surface area is 93.7 Å². The monoisotopic (exact) mass is 217 g/mol. The van der Waals surface area contributed by atoms with Crippen molar-refractivity contribution in [3.8, 4) is 5.75 Å². The van der Waals surface area contributed by atoms with Crippen LogP contribution in [-0.2, 0) is 0 Å². The van der Waals surface area contributed by atoms with E-state index in [1.165, 1.54) is 0 Å². The van der Waals surface area contributed by atoms with Crippen LogP contribution in [-0.4, -0.2) is 28.2 Å². The first kappa shape index (κ1) is 9.66. The molecular formula is C12H15N3O. The van der Waals surface area contributed by atoms with Crippen LogP contribution in [0.1, 0.15) is 24.6 Å². The van der Waals surface area contributed by atoms with Gasteiger partial charge < -0.3 is 15.4 Å². The molecule has 0 radical (unpaired) electrons. The predicted molar refractivity (Wildman–Crippen MR) is 62.6 cm³/mol. The van der Waals surface area contributed by atoms with E-state index < -0.39 is 0 Å². The van der Waals surface area contributed by atoms with Crippen LogP contribution in [0.2, 0.25) is 0 Å². The van der Waals surface area contributed by atoms with E-state index in [1.54, 1.807) is 12.1 Å². The molecule has 0 unspecified atom stereocenters. The normalized spacial score (nSPS) is 18.0. The van der Waals surface area contributed by atoms with Crippen molar-refractivity contribution in [3.63, 3.8) is 0 Å². The minimum Gasteiger partial charge on any atom is -0.508 e. The van der Waals surface area contributed by atoms with E-state index in [1.807, 2.05) is 6.07 Å². The average Bonchev–Trinajstić information content (AvgIpc) is 2.73. The third kappa shape index (κ3) is 1.65. The topological polar surface area (TPSA) is 60.9 Å². The largest absolute Gasteiger partial charge is 0.508 e. The Morgan fingerprint density at radius 2 is 2.06 bits per heavy atom. The number of hydrogen-bond acceptors (Lipinski definition) is 3. The molecule has 16 heavy (non-hydrogen) atoms. The zero-order valence-electron chi connectivity index (χ0n) is 9.03. The average molecular weight is 217 g/mol. The molecule has 4 nitrogen and oxygen atoms in total. The molecule has 84 valence electrons. The van der Waals surface area contributed by atoms with E-state index in [0.29, 0.717) is 5.92 Å². The first-order chi connectivity index (χ1) is 7.83. The predicted octanol–water partition coefficient (Wildman–Crippen LogP) is 1.74. The lowest BCUT2D eigenvalue weighted by Gasteiger charge is -2.20. The van der Waals surface area contributed by atoms with Gasteiger partial charge in [0, 0.05) is 12.0 Å². The summed E-state index contributed by atoms with van der Waals surface area (Å²) in [6.45, 7) is 2.12. The van der Waals surface area contributed by atoms with Crippen molar-refractivity contribution in [2.75, 3.05) is 13.1 Å². The summed E-state index contributed by atoms with van der Waals surface area (Å²) in [5.41, 5.74) is 1.86. The van der Waals surface area contributed by atoms with Crippen LogP contribution in [0.3, 0.4) is 0 Å². The maximum Gasteiger partial charge on any atom is 0.117 e. The SMILES string of the molecule is Oc1ccc2nc(C3CCNCC3)[nH]c2c1. The van der Waals surface area contributed by atoms with Gasteiger partial charge in [-0.05, 0) is 38.1 Å². The zero-order valence-corrected chi connectivity index (χ0v) is 9.03. The Kier molecular flexibility index (Phi) is 2.29. The second-order valence-corrected chi connectivity index (χ2v) is 4.35. The highest BCUT2D eigenvalue weighted by atomic mass is 16.3. The molecule has 1 saturated heterocycles. The number of fused-ring (bicyclic) bond motifs is 1. The highest BCUT2D eigenvalue weighted by molar-refractivity contribution is 5.76. The van der Waals surface area contributed by atoms with Crippen molar-refractivity contribution in [3.05, 3.63) is 24.0 Å². The number of benzene rings is 1. The van der Waals surface area contributed by atoms with Gasteiger partial charge in [-0.3, -0.25) is 0 Å². The van der Waals surface area contributed by atoms with Crippen molar-refractivity contribution < 1.29 is 5.11 Å². The van der Waals surface area contributed by atoms with Gasteiger partial charge in [0.25, 0.3) is 0 Å². The van der Waals surface area contributed by atoms with E-state index in [4.69, 9.17) is 0 Å². The van der Waals surface area contributed by atoms with E-state index in [-0.39, 0.29) is 5.75 Å². The maximum absolute atomic E-state index is 9.39. The number of phenols is 1. The number of aromatic amines is 1. The Hall–Kier alpha value is -1.55. The number of phenolic OH excluding ortho intramolecular Hbond substituents is 1. The number of hydrogen-bond donors (Lipinski definition) is 3. The lowest BCUT2D eigenvalue weighted by molar-refractivity contribution is 0.448. The van der Waals surface area contributed by atoms with Gasteiger partial charge >= 0.3 is 0 Å². The molecule has 1 aromatic carbocycles. The van der Waals surface area contributed by atoms with Crippen LogP contribution in [0.15, 0.2) is 18.2 Å². The molecule has 3 rings (SSSR count). The summed E-state index contributed by atoms with van der Waals surface area (Å²) < 4.78 is 0. The van der Waals surface area contributed by atoms with Crippen molar-refractivity contribution in [2.45, 2.75) is 18.8 Å².